The SMILES string of the molecule is Cc1c2c(c(C)c(-c3ccccc3)c1-c1ccccc1)C1C(=C2CNc2ccccc2S)C(c2ccccc2)=C(c2ccccc2)C1C1Nc2ccccc2S1. The van der Waals surface area contributed by atoms with Gasteiger partial charge in [0.15, 0.2) is 0 Å². The highest BCUT2D eigenvalue weighted by atomic mass is 32.2. The molecule has 0 spiro atoms. The number of anilines is 2. The van der Waals surface area contributed by atoms with E-state index >= 15 is 0 Å². The number of allylic oxidation sites excluding steroid dienone is 2. The van der Waals surface area contributed by atoms with Gasteiger partial charge in [0.05, 0.1) is 5.37 Å². The third-order valence-corrected chi connectivity index (χ3v) is 13.6. The van der Waals surface area contributed by atoms with E-state index in [2.05, 4.69) is 194 Å². The van der Waals surface area contributed by atoms with Crippen LogP contribution < -0.4 is 10.6 Å². The summed E-state index contributed by atoms with van der Waals surface area (Å²) in [6.45, 7) is 5.44. The normalized spacial score (nSPS) is 18.1. The van der Waals surface area contributed by atoms with Gasteiger partial charge in [0.25, 0.3) is 0 Å². The van der Waals surface area contributed by atoms with Crippen molar-refractivity contribution in [2.75, 3.05) is 17.2 Å². The van der Waals surface area contributed by atoms with Gasteiger partial charge in [-0.2, -0.15) is 0 Å². The molecule has 2 nitrogen and oxygen atoms in total. The number of thioether (sulfide) groups is 1. The Morgan fingerprint density at radius 1 is 0.554 bits per heavy atom. The molecule has 0 aromatic heterocycles. The summed E-state index contributed by atoms with van der Waals surface area (Å²) in [7, 11) is 0. The zero-order valence-electron chi connectivity index (χ0n) is 31.5. The van der Waals surface area contributed by atoms with Crippen LogP contribution in [0.15, 0.2) is 185 Å². The highest BCUT2D eigenvalue weighted by Gasteiger charge is 2.52. The Hall–Kier alpha value is -5.68. The van der Waals surface area contributed by atoms with Gasteiger partial charge < -0.3 is 10.6 Å². The van der Waals surface area contributed by atoms with Gasteiger partial charge in [0.1, 0.15) is 0 Å². The third-order valence-electron chi connectivity index (χ3n) is 11.9. The van der Waals surface area contributed by atoms with E-state index in [0.717, 1.165) is 10.6 Å². The van der Waals surface area contributed by atoms with Crippen LogP contribution in [0.4, 0.5) is 11.4 Å². The minimum atomic E-state index is 0.115. The van der Waals surface area contributed by atoms with Crippen molar-refractivity contribution in [1.82, 2.24) is 0 Å². The molecule has 0 fully saturated rings. The molecule has 0 amide bonds. The quantitative estimate of drug-likeness (QED) is 0.135. The van der Waals surface area contributed by atoms with Crippen LogP contribution in [0.25, 0.3) is 39.0 Å². The molecular formula is C52H42N2S2. The molecule has 56 heavy (non-hydrogen) atoms. The molecule has 0 saturated carbocycles. The van der Waals surface area contributed by atoms with Crippen molar-refractivity contribution in [3.63, 3.8) is 0 Å². The lowest BCUT2D eigenvalue weighted by molar-refractivity contribution is 0.614. The van der Waals surface area contributed by atoms with Crippen molar-refractivity contribution >= 4 is 52.5 Å². The van der Waals surface area contributed by atoms with Crippen LogP contribution in [0.5, 0.6) is 0 Å². The van der Waals surface area contributed by atoms with Crippen molar-refractivity contribution in [3.8, 4) is 22.3 Å². The minimum absolute atomic E-state index is 0.115. The van der Waals surface area contributed by atoms with Gasteiger partial charge >= 0.3 is 0 Å². The fraction of sp³-hybridized carbons (Fsp3) is 0.115. The lowest BCUT2D eigenvalue weighted by Gasteiger charge is -2.31. The van der Waals surface area contributed by atoms with E-state index in [1.165, 1.54) is 88.5 Å². The maximum absolute atomic E-state index is 4.90. The molecule has 272 valence electrons. The van der Waals surface area contributed by atoms with E-state index in [4.69, 9.17) is 12.6 Å². The number of benzene rings is 7. The second-order valence-corrected chi connectivity index (χ2v) is 16.7. The largest absolute Gasteiger partial charge is 0.380 e. The summed E-state index contributed by atoms with van der Waals surface area (Å²) >= 11 is 6.88. The fourth-order valence-corrected chi connectivity index (χ4v) is 11.3. The zero-order valence-corrected chi connectivity index (χ0v) is 33.2. The van der Waals surface area contributed by atoms with Crippen LogP contribution in [0.2, 0.25) is 0 Å². The number of nitrogens with one attached hydrogen (secondary N) is 2. The monoisotopic (exact) mass is 758 g/mol. The van der Waals surface area contributed by atoms with E-state index in [9.17, 15) is 0 Å². The smallest absolute Gasteiger partial charge is 0.0848 e. The molecule has 3 atom stereocenters. The first kappa shape index (κ1) is 34.8. The molecular weight excluding hydrogens is 717 g/mol. The molecule has 3 aliphatic rings. The Bertz CT molecular complexity index is 2640. The van der Waals surface area contributed by atoms with E-state index in [1.807, 2.05) is 11.8 Å². The number of rotatable bonds is 8. The molecule has 0 radical (unpaired) electrons. The van der Waals surface area contributed by atoms with E-state index in [-0.39, 0.29) is 17.2 Å². The van der Waals surface area contributed by atoms with Crippen molar-refractivity contribution < 1.29 is 0 Å². The zero-order chi connectivity index (χ0) is 37.8. The highest BCUT2D eigenvalue weighted by Crippen LogP contribution is 2.66. The number of thiol groups is 1. The standard InChI is InChI=1S/C52H42N2S2/c1-32-43(34-19-7-3-8-20-34)44(35-21-9-4-10-22-35)33(2)46-45(32)38(31-53-39-27-15-17-29-41(39)55)49-47(36-23-11-5-12-24-36)48(37-25-13-6-14-26-37)51(50(46)49)52-54-40-28-16-18-30-42(40)56-52/h3-30,50-55H,31H2,1-2H3. The fourth-order valence-electron chi connectivity index (χ4n) is 9.70. The molecule has 3 unspecified atom stereocenters. The maximum atomic E-state index is 4.90. The lowest BCUT2D eigenvalue weighted by atomic mass is 9.76. The summed E-state index contributed by atoms with van der Waals surface area (Å²) < 4.78 is 0. The highest BCUT2D eigenvalue weighted by molar-refractivity contribution is 8.00. The van der Waals surface area contributed by atoms with Gasteiger partial charge in [-0.25, -0.2) is 0 Å². The average molecular weight is 759 g/mol. The lowest BCUT2D eigenvalue weighted by Crippen LogP contribution is -2.27. The van der Waals surface area contributed by atoms with Crippen LogP contribution >= 0.6 is 24.4 Å². The molecule has 0 bridgehead atoms. The summed E-state index contributed by atoms with van der Waals surface area (Å²) in [6.07, 6.45) is 0. The van der Waals surface area contributed by atoms with Crippen LogP contribution in [-0.4, -0.2) is 11.9 Å². The summed E-state index contributed by atoms with van der Waals surface area (Å²) in [5, 5.41) is 8.10. The summed E-state index contributed by atoms with van der Waals surface area (Å²) in [6, 6.07) is 61.6. The first-order valence-corrected chi connectivity index (χ1v) is 20.8. The Morgan fingerprint density at radius 2 is 1.09 bits per heavy atom. The summed E-state index contributed by atoms with van der Waals surface area (Å²) in [4.78, 5) is 2.26. The van der Waals surface area contributed by atoms with E-state index < -0.39 is 0 Å². The molecule has 4 heteroatoms. The molecule has 2 aliphatic carbocycles. The van der Waals surface area contributed by atoms with E-state index in [0.29, 0.717) is 6.54 Å². The van der Waals surface area contributed by atoms with Crippen LogP contribution in [0.3, 0.4) is 0 Å². The Labute approximate surface area is 339 Å². The number of para-hydroxylation sites is 2. The molecule has 0 saturated heterocycles. The molecule has 7 aromatic rings. The number of fused-ring (bicyclic) bond motifs is 4. The molecule has 2 N–H and O–H groups in total. The van der Waals surface area contributed by atoms with Crippen LogP contribution in [-0.2, 0) is 0 Å². The molecule has 1 aliphatic heterocycles. The topological polar surface area (TPSA) is 24.1 Å². The predicted octanol–water partition coefficient (Wildman–Crippen LogP) is 13.7. The first-order valence-electron chi connectivity index (χ1n) is 19.5. The van der Waals surface area contributed by atoms with Gasteiger partial charge in [-0.3, -0.25) is 0 Å². The number of hydrogen-bond donors (Lipinski definition) is 3. The molecule has 1 heterocycles. The molecule has 10 rings (SSSR count). The number of hydrogen-bond acceptors (Lipinski definition) is 4. The van der Waals surface area contributed by atoms with Crippen LogP contribution in [0, 0.1) is 19.8 Å². The Kier molecular flexibility index (Phi) is 8.97. The van der Waals surface area contributed by atoms with Crippen molar-refractivity contribution in [1.29, 1.82) is 0 Å². The summed E-state index contributed by atoms with van der Waals surface area (Å²) in [5.74, 6) is 0.251. The minimum Gasteiger partial charge on any atom is -0.380 e. The summed E-state index contributed by atoms with van der Waals surface area (Å²) in [5.41, 5.74) is 21.0. The van der Waals surface area contributed by atoms with Gasteiger partial charge in [-0.05, 0) is 116 Å². The average Bonchev–Trinajstić information content (AvgIpc) is 3.93. The van der Waals surface area contributed by atoms with Crippen molar-refractivity contribution in [3.05, 3.63) is 209 Å². The Balaban J connectivity index is 1.32. The van der Waals surface area contributed by atoms with Gasteiger partial charge in [-0.1, -0.05) is 157 Å². The van der Waals surface area contributed by atoms with Gasteiger partial charge in [0, 0.05) is 39.5 Å². The first-order chi connectivity index (χ1) is 27.6. The maximum Gasteiger partial charge on any atom is 0.0848 e. The molecule has 7 aromatic carbocycles. The van der Waals surface area contributed by atoms with Crippen LogP contribution in [0.1, 0.15) is 39.3 Å². The van der Waals surface area contributed by atoms with Crippen molar-refractivity contribution in [2.24, 2.45) is 5.92 Å². The Morgan fingerprint density at radius 3 is 1.71 bits per heavy atom. The van der Waals surface area contributed by atoms with E-state index in [1.54, 1.807) is 0 Å². The predicted molar refractivity (Wildman–Crippen MR) is 242 cm³/mol. The van der Waals surface area contributed by atoms with Crippen molar-refractivity contribution in [2.45, 2.75) is 34.9 Å². The van der Waals surface area contributed by atoms with Gasteiger partial charge in [-0.15, -0.1) is 12.6 Å². The van der Waals surface area contributed by atoms with Gasteiger partial charge in [0.2, 0.25) is 0 Å². The third kappa shape index (κ3) is 5.74. The second-order valence-electron chi connectivity index (χ2n) is 15.0. The second kappa shape index (κ2) is 14.4.